The Kier molecular flexibility index (Phi) is 2.15. The van der Waals surface area contributed by atoms with E-state index < -0.39 is 0 Å². The molecule has 0 atom stereocenters. The normalized spacial score (nSPS) is 9.80. The van der Waals surface area contributed by atoms with Crippen molar-refractivity contribution in [3.05, 3.63) is 47.5 Å². The van der Waals surface area contributed by atoms with Gasteiger partial charge in [-0.05, 0) is 16.8 Å². The number of nitrogen functional groups attached to an aromatic ring is 1. The van der Waals surface area contributed by atoms with E-state index in [0.717, 1.165) is 10.8 Å². The number of nitrogens with two attached hydrogens (primary N) is 1. The minimum atomic E-state index is 0.00806. The molecule has 2 rings (SSSR count). The summed E-state index contributed by atoms with van der Waals surface area (Å²) in [6.07, 6.45) is 5.45. The van der Waals surface area contributed by atoms with Crippen LogP contribution in [-0.4, -0.2) is 5.84 Å². The summed E-state index contributed by atoms with van der Waals surface area (Å²) < 4.78 is 0. The van der Waals surface area contributed by atoms with E-state index in [1.165, 1.54) is 0 Å². The summed E-state index contributed by atoms with van der Waals surface area (Å²) in [6.45, 7) is 0. The first-order valence-corrected chi connectivity index (χ1v) is 4.57. The molecule has 72 valence electrons. The van der Waals surface area contributed by atoms with Gasteiger partial charge < -0.3 is 5.73 Å². The molecule has 2 aromatic carbocycles. The summed E-state index contributed by atoms with van der Waals surface area (Å²) in [7, 11) is 0. The molecule has 3 N–H and O–H groups in total. The van der Waals surface area contributed by atoms with Crippen LogP contribution < -0.4 is 5.73 Å². The van der Waals surface area contributed by atoms with Crippen molar-refractivity contribution in [2.24, 2.45) is 5.73 Å². The summed E-state index contributed by atoms with van der Waals surface area (Å²) in [5.41, 5.74) is 6.79. The molecule has 0 aliphatic heterocycles. The van der Waals surface area contributed by atoms with Crippen molar-refractivity contribution >= 4 is 16.6 Å². The van der Waals surface area contributed by atoms with Gasteiger partial charge in [-0.3, -0.25) is 5.41 Å². The molecule has 2 nitrogen and oxygen atoms in total. The van der Waals surface area contributed by atoms with Gasteiger partial charge in [0, 0.05) is 11.1 Å². The van der Waals surface area contributed by atoms with Crippen molar-refractivity contribution in [3.63, 3.8) is 0 Å². The van der Waals surface area contributed by atoms with E-state index in [4.69, 9.17) is 17.6 Å². The second-order valence-electron chi connectivity index (χ2n) is 3.27. The van der Waals surface area contributed by atoms with E-state index in [1.807, 2.05) is 30.3 Å². The Bertz CT molecular complexity index is 577. The minimum absolute atomic E-state index is 0.00806. The van der Waals surface area contributed by atoms with Crippen molar-refractivity contribution < 1.29 is 0 Å². The largest absolute Gasteiger partial charge is 0.384 e. The molecule has 0 aliphatic rings. The minimum Gasteiger partial charge on any atom is -0.384 e. The van der Waals surface area contributed by atoms with E-state index in [1.54, 1.807) is 6.07 Å². The fourth-order valence-electron chi connectivity index (χ4n) is 1.65. The number of benzene rings is 2. The molecule has 2 aromatic rings. The summed E-state index contributed by atoms with van der Waals surface area (Å²) in [5, 5.41) is 9.47. The van der Waals surface area contributed by atoms with Gasteiger partial charge in [-0.25, -0.2) is 0 Å². The van der Waals surface area contributed by atoms with E-state index in [2.05, 4.69) is 5.92 Å². The van der Waals surface area contributed by atoms with Crippen LogP contribution in [0.15, 0.2) is 36.4 Å². The predicted molar refractivity (Wildman–Crippen MR) is 62.9 cm³/mol. The fraction of sp³-hybridized carbons (Fsp3) is 0. The predicted octanol–water partition coefficient (Wildman–Crippen LogP) is 2.11. The van der Waals surface area contributed by atoms with Crippen LogP contribution in [0.5, 0.6) is 0 Å². The van der Waals surface area contributed by atoms with Crippen LogP contribution in [0.3, 0.4) is 0 Å². The first-order valence-electron chi connectivity index (χ1n) is 4.57. The Morgan fingerprint density at radius 1 is 1.20 bits per heavy atom. The third kappa shape index (κ3) is 1.44. The standard InChI is InChI=1S/C13H10N2/c1-2-10-11-6-4-3-5-9(11)7-8-12(10)13(14)15/h1,3-8H,(H3,14,15). The Labute approximate surface area is 88.2 Å². The van der Waals surface area contributed by atoms with Crippen LogP contribution >= 0.6 is 0 Å². The summed E-state index contributed by atoms with van der Waals surface area (Å²) in [5.74, 6) is 2.61. The molecule has 0 aromatic heterocycles. The van der Waals surface area contributed by atoms with Gasteiger partial charge >= 0.3 is 0 Å². The smallest absolute Gasteiger partial charge is 0.124 e. The number of rotatable bonds is 1. The number of nitrogens with one attached hydrogen (secondary N) is 1. The second-order valence-corrected chi connectivity index (χ2v) is 3.27. The number of fused-ring (bicyclic) bond motifs is 1. The molecule has 0 spiro atoms. The highest BCUT2D eigenvalue weighted by molar-refractivity contribution is 6.03. The van der Waals surface area contributed by atoms with Crippen molar-refractivity contribution in [2.45, 2.75) is 0 Å². The topological polar surface area (TPSA) is 49.9 Å². The number of amidine groups is 1. The van der Waals surface area contributed by atoms with Crippen molar-refractivity contribution in [3.8, 4) is 12.3 Å². The maximum absolute atomic E-state index is 7.44. The molecule has 0 radical (unpaired) electrons. The number of hydrogen-bond donors (Lipinski definition) is 2. The number of terminal acetylenes is 1. The van der Waals surface area contributed by atoms with Crippen molar-refractivity contribution in [1.82, 2.24) is 0 Å². The average molecular weight is 194 g/mol. The van der Waals surface area contributed by atoms with E-state index in [9.17, 15) is 0 Å². The summed E-state index contributed by atoms with van der Waals surface area (Å²) >= 11 is 0. The van der Waals surface area contributed by atoms with E-state index in [-0.39, 0.29) is 5.84 Å². The maximum Gasteiger partial charge on any atom is 0.124 e. The molecule has 0 fully saturated rings. The zero-order chi connectivity index (χ0) is 10.8. The molecule has 0 saturated heterocycles. The third-order valence-electron chi connectivity index (χ3n) is 2.36. The van der Waals surface area contributed by atoms with Crippen LogP contribution in [0.1, 0.15) is 11.1 Å². The SMILES string of the molecule is C#Cc1c(C(=N)N)ccc2ccccc12. The molecular weight excluding hydrogens is 184 g/mol. The molecular formula is C13H10N2. The molecule has 0 aliphatic carbocycles. The number of hydrogen-bond acceptors (Lipinski definition) is 1. The zero-order valence-corrected chi connectivity index (χ0v) is 8.12. The molecule has 15 heavy (non-hydrogen) atoms. The molecule has 0 unspecified atom stereocenters. The summed E-state index contributed by atoms with van der Waals surface area (Å²) in [4.78, 5) is 0. The highest BCUT2D eigenvalue weighted by Crippen LogP contribution is 2.21. The van der Waals surface area contributed by atoms with Crippen LogP contribution in [0.4, 0.5) is 0 Å². The molecule has 0 bridgehead atoms. The second kappa shape index (κ2) is 3.47. The lowest BCUT2D eigenvalue weighted by molar-refractivity contribution is 1.42. The van der Waals surface area contributed by atoms with Gasteiger partial charge in [0.15, 0.2) is 0 Å². The van der Waals surface area contributed by atoms with Gasteiger partial charge in [-0.1, -0.05) is 36.3 Å². The van der Waals surface area contributed by atoms with Crippen LogP contribution in [0, 0.1) is 17.8 Å². The monoisotopic (exact) mass is 194 g/mol. The molecule has 0 saturated carbocycles. The maximum atomic E-state index is 7.44. The quantitative estimate of drug-likeness (QED) is 0.407. The van der Waals surface area contributed by atoms with E-state index >= 15 is 0 Å². The highest BCUT2D eigenvalue weighted by atomic mass is 14.7. The Balaban J connectivity index is 2.89. The van der Waals surface area contributed by atoms with Gasteiger partial charge in [0.25, 0.3) is 0 Å². The van der Waals surface area contributed by atoms with Gasteiger partial charge in [0.1, 0.15) is 5.84 Å². The fourth-order valence-corrected chi connectivity index (χ4v) is 1.65. The average Bonchev–Trinajstić information content (AvgIpc) is 2.27. The lowest BCUT2D eigenvalue weighted by Gasteiger charge is -2.06. The Morgan fingerprint density at radius 3 is 2.60 bits per heavy atom. The van der Waals surface area contributed by atoms with Crippen LogP contribution in [-0.2, 0) is 0 Å². The lowest BCUT2D eigenvalue weighted by Crippen LogP contribution is -2.13. The van der Waals surface area contributed by atoms with Gasteiger partial charge in [-0.15, -0.1) is 6.42 Å². The van der Waals surface area contributed by atoms with Gasteiger partial charge in [0.2, 0.25) is 0 Å². The van der Waals surface area contributed by atoms with Gasteiger partial charge in [0.05, 0.1) is 0 Å². The van der Waals surface area contributed by atoms with Crippen molar-refractivity contribution in [1.29, 1.82) is 5.41 Å². The highest BCUT2D eigenvalue weighted by Gasteiger charge is 2.06. The molecule has 0 heterocycles. The van der Waals surface area contributed by atoms with Crippen LogP contribution in [0.25, 0.3) is 10.8 Å². The van der Waals surface area contributed by atoms with Crippen molar-refractivity contribution in [2.75, 3.05) is 0 Å². The molecule has 0 amide bonds. The summed E-state index contributed by atoms with van der Waals surface area (Å²) in [6, 6.07) is 11.5. The molecule has 2 heteroatoms. The van der Waals surface area contributed by atoms with Gasteiger partial charge in [-0.2, -0.15) is 0 Å². The first-order chi connectivity index (χ1) is 7.24. The van der Waals surface area contributed by atoms with Crippen LogP contribution in [0.2, 0.25) is 0 Å². The Morgan fingerprint density at radius 2 is 1.93 bits per heavy atom. The third-order valence-corrected chi connectivity index (χ3v) is 2.36. The zero-order valence-electron chi connectivity index (χ0n) is 8.12. The lowest BCUT2D eigenvalue weighted by atomic mass is 9.99. The van der Waals surface area contributed by atoms with E-state index in [0.29, 0.717) is 11.1 Å². The Hall–Kier alpha value is -2.27. The first kappa shape index (κ1) is 9.29.